The molecule has 0 spiro atoms. The predicted octanol–water partition coefficient (Wildman–Crippen LogP) is 2.46. The summed E-state index contributed by atoms with van der Waals surface area (Å²) >= 11 is 1.32. The maximum Gasteiger partial charge on any atom is 0.231 e. The third-order valence-corrected chi connectivity index (χ3v) is 4.45. The number of nitrogens with zero attached hydrogens (tertiary/aromatic N) is 2. The molecule has 2 N–H and O–H groups in total. The molecular weight excluding hydrogens is 328 g/mol. The number of carbonyl (C=O) groups is 1. The molecule has 1 aliphatic heterocycles. The Morgan fingerprint density at radius 3 is 3.08 bits per heavy atom. The highest BCUT2D eigenvalue weighted by Gasteiger charge is 2.17. The fraction of sp³-hybridized carbons (Fsp3) is 0.438. The van der Waals surface area contributed by atoms with E-state index in [-0.39, 0.29) is 24.5 Å². The molecule has 1 aliphatic rings. The van der Waals surface area contributed by atoms with Crippen molar-refractivity contribution in [3.63, 3.8) is 0 Å². The summed E-state index contributed by atoms with van der Waals surface area (Å²) in [6.45, 7) is 4.26. The van der Waals surface area contributed by atoms with E-state index < -0.39 is 0 Å². The Kier molecular flexibility index (Phi) is 5.24. The first-order valence-electron chi connectivity index (χ1n) is 7.88. The average Bonchev–Trinajstić information content (AvgIpc) is 3.21. The lowest BCUT2D eigenvalue weighted by Crippen LogP contribution is -2.28. The number of ether oxygens (including phenoxy) is 2. The van der Waals surface area contributed by atoms with Crippen molar-refractivity contribution in [1.82, 2.24) is 20.5 Å². The number of hydrogen-bond acceptors (Lipinski definition) is 6. The number of rotatable bonds is 7. The first-order chi connectivity index (χ1) is 11.7. The zero-order valence-electron chi connectivity index (χ0n) is 13.7. The maximum atomic E-state index is 12.1. The maximum absolute atomic E-state index is 12.1. The number of aromatic amines is 1. The quantitative estimate of drug-likeness (QED) is 0.747. The smallest absolute Gasteiger partial charge is 0.231 e. The summed E-state index contributed by atoms with van der Waals surface area (Å²) < 4.78 is 10.7. The minimum absolute atomic E-state index is 0.0630. The van der Waals surface area contributed by atoms with Crippen LogP contribution in [0.3, 0.4) is 0 Å². The van der Waals surface area contributed by atoms with Crippen molar-refractivity contribution in [1.29, 1.82) is 0 Å². The zero-order valence-corrected chi connectivity index (χ0v) is 14.5. The van der Waals surface area contributed by atoms with Gasteiger partial charge in [0.25, 0.3) is 0 Å². The third-order valence-electron chi connectivity index (χ3n) is 3.60. The number of nitrogens with one attached hydrogen (secondary N) is 2. The minimum Gasteiger partial charge on any atom is -0.454 e. The van der Waals surface area contributed by atoms with Crippen molar-refractivity contribution in [2.45, 2.75) is 37.9 Å². The SMILES string of the molecule is CCCc1nc(SCC(=O)NC(C)c2ccc3c(c2)OCO3)n[nH]1. The van der Waals surface area contributed by atoms with Crippen LogP contribution in [0.1, 0.15) is 37.7 Å². The van der Waals surface area contributed by atoms with Gasteiger partial charge in [-0.3, -0.25) is 9.89 Å². The number of fused-ring (bicyclic) bond motifs is 1. The standard InChI is InChI=1S/C16H20N4O3S/c1-3-4-14-18-16(20-19-14)24-8-15(21)17-10(2)11-5-6-12-13(7-11)23-9-22-12/h5-7,10H,3-4,8-9H2,1-2H3,(H,17,21)(H,18,19,20). The van der Waals surface area contributed by atoms with Crippen molar-refractivity contribution in [3.8, 4) is 11.5 Å². The molecule has 1 aromatic heterocycles. The first-order valence-corrected chi connectivity index (χ1v) is 8.87. The fourth-order valence-corrected chi connectivity index (χ4v) is 3.00. The molecule has 2 aromatic rings. The number of aryl methyl sites for hydroxylation is 1. The van der Waals surface area contributed by atoms with Crippen LogP contribution in [0.4, 0.5) is 0 Å². The Labute approximate surface area is 144 Å². The summed E-state index contributed by atoms with van der Waals surface area (Å²) in [5, 5.41) is 10.6. The largest absolute Gasteiger partial charge is 0.454 e. The van der Waals surface area contributed by atoms with E-state index in [1.165, 1.54) is 11.8 Å². The van der Waals surface area contributed by atoms with Gasteiger partial charge in [0.2, 0.25) is 17.9 Å². The summed E-state index contributed by atoms with van der Waals surface area (Å²) in [5.74, 6) is 2.52. The number of aromatic nitrogens is 3. The Balaban J connectivity index is 1.50. The van der Waals surface area contributed by atoms with Gasteiger partial charge in [-0.1, -0.05) is 24.8 Å². The molecule has 24 heavy (non-hydrogen) atoms. The highest BCUT2D eigenvalue weighted by atomic mass is 32.2. The number of benzene rings is 1. The molecule has 8 heteroatoms. The second-order valence-corrected chi connectivity index (χ2v) is 6.45. The Bertz CT molecular complexity index is 719. The van der Waals surface area contributed by atoms with Crippen molar-refractivity contribution < 1.29 is 14.3 Å². The van der Waals surface area contributed by atoms with Crippen LogP contribution >= 0.6 is 11.8 Å². The number of carbonyl (C=O) groups excluding carboxylic acids is 1. The molecule has 1 atom stereocenters. The van der Waals surface area contributed by atoms with Crippen LogP contribution in [0.2, 0.25) is 0 Å². The molecule has 0 saturated heterocycles. The Morgan fingerprint density at radius 1 is 1.42 bits per heavy atom. The summed E-state index contributed by atoms with van der Waals surface area (Å²) in [6.07, 6.45) is 1.87. The van der Waals surface area contributed by atoms with Gasteiger partial charge < -0.3 is 14.8 Å². The van der Waals surface area contributed by atoms with Gasteiger partial charge >= 0.3 is 0 Å². The van der Waals surface area contributed by atoms with Crippen molar-refractivity contribution in [2.24, 2.45) is 0 Å². The van der Waals surface area contributed by atoms with Gasteiger partial charge in [0.1, 0.15) is 5.82 Å². The van der Waals surface area contributed by atoms with Gasteiger partial charge in [-0.2, -0.15) is 0 Å². The van der Waals surface area contributed by atoms with Crippen LogP contribution in [0.15, 0.2) is 23.4 Å². The lowest BCUT2D eigenvalue weighted by atomic mass is 10.1. The van der Waals surface area contributed by atoms with Gasteiger partial charge in [-0.25, -0.2) is 4.98 Å². The summed E-state index contributed by atoms with van der Waals surface area (Å²) in [5.41, 5.74) is 0.973. The molecule has 0 bridgehead atoms. The van der Waals surface area contributed by atoms with Crippen LogP contribution in [0.5, 0.6) is 11.5 Å². The summed E-state index contributed by atoms with van der Waals surface area (Å²) in [6, 6.07) is 5.57. The van der Waals surface area contributed by atoms with E-state index in [0.717, 1.165) is 30.0 Å². The van der Waals surface area contributed by atoms with Gasteiger partial charge in [0, 0.05) is 6.42 Å². The van der Waals surface area contributed by atoms with Crippen molar-refractivity contribution in [2.75, 3.05) is 12.5 Å². The molecule has 1 amide bonds. The Morgan fingerprint density at radius 2 is 2.25 bits per heavy atom. The van der Waals surface area contributed by atoms with E-state index in [1.807, 2.05) is 25.1 Å². The highest BCUT2D eigenvalue weighted by molar-refractivity contribution is 7.99. The van der Waals surface area contributed by atoms with Crippen LogP contribution in [-0.2, 0) is 11.2 Å². The van der Waals surface area contributed by atoms with E-state index in [1.54, 1.807) is 0 Å². The zero-order chi connectivity index (χ0) is 16.9. The predicted molar refractivity (Wildman–Crippen MR) is 90.2 cm³/mol. The number of H-pyrrole nitrogens is 1. The second kappa shape index (κ2) is 7.57. The van der Waals surface area contributed by atoms with E-state index in [4.69, 9.17) is 9.47 Å². The topological polar surface area (TPSA) is 89.1 Å². The Hall–Kier alpha value is -2.22. The summed E-state index contributed by atoms with van der Waals surface area (Å²) in [7, 11) is 0. The number of hydrogen-bond donors (Lipinski definition) is 2. The van der Waals surface area contributed by atoms with E-state index in [9.17, 15) is 4.79 Å². The van der Waals surface area contributed by atoms with E-state index in [0.29, 0.717) is 10.9 Å². The molecule has 7 nitrogen and oxygen atoms in total. The van der Waals surface area contributed by atoms with Gasteiger partial charge in [-0.05, 0) is 31.0 Å². The van der Waals surface area contributed by atoms with Crippen LogP contribution in [0, 0.1) is 0 Å². The fourth-order valence-electron chi connectivity index (χ4n) is 2.37. The van der Waals surface area contributed by atoms with E-state index >= 15 is 0 Å². The van der Waals surface area contributed by atoms with Crippen LogP contribution in [-0.4, -0.2) is 33.6 Å². The molecule has 0 aliphatic carbocycles. The second-order valence-electron chi connectivity index (χ2n) is 5.51. The van der Waals surface area contributed by atoms with Crippen LogP contribution < -0.4 is 14.8 Å². The lowest BCUT2D eigenvalue weighted by Gasteiger charge is -2.14. The number of thioether (sulfide) groups is 1. The molecule has 1 unspecified atom stereocenters. The van der Waals surface area contributed by atoms with Gasteiger partial charge in [0.05, 0.1) is 11.8 Å². The van der Waals surface area contributed by atoms with Crippen molar-refractivity contribution in [3.05, 3.63) is 29.6 Å². The first kappa shape index (κ1) is 16.6. The summed E-state index contributed by atoms with van der Waals surface area (Å²) in [4.78, 5) is 16.4. The molecule has 2 heterocycles. The minimum atomic E-state index is -0.115. The monoisotopic (exact) mass is 348 g/mol. The average molecular weight is 348 g/mol. The molecule has 3 rings (SSSR count). The third kappa shape index (κ3) is 4.00. The van der Waals surface area contributed by atoms with Crippen LogP contribution in [0.25, 0.3) is 0 Å². The molecule has 1 aromatic carbocycles. The lowest BCUT2D eigenvalue weighted by molar-refractivity contribution is -0.119. The van der Waals surface area contributed by atoms with Crippen molar-refractivity contribution >= 4 is 17.7 Å². The molecule has 0 saturated carbocycles. The molecule has 0 fully saturated rings. The normalized spacial score (nSPS) is 13.8. The molecule has 128 valence electrons. The molecular formula is C16H20N4O3S. The number of amides is 1. The molecule has 0 radical (unpaired) electrons. The highest BCUT2D eigenvalue weighted by Crippen LogP contribution is 2.34. The van der Waals surface area contributed by atoms with E-state index in [2.05, 4.69) is 27.4 Å². The van der Waals surface area contributed by atoms with Gasteiger partial charge in [0.15, 0.2) is 11.5 Å². The van der Waals surface area contributed by atoms with Gasteiger partial charge in [-0.15, -0.1) is 5.10 Å².